The number of morpholine rings is 1. The van der Waals surface area contributed by atoms with Crippen molar-refractivity contribution in [2.45, 2.75) is 12.8 Å². The molecule has 1 aromatic rings. The molecule has 0 saturated carbocycles. The predicted molar refractivity (Wildman–Crippen MR) is 100 cm³/mol. The van der Waals surface area contributed by atoms with Gasteiger partial charge in [0.25, 0.3) is 0 Å². The minimum Gasteiger partial charge on any atom is -0.379 e. The quantitative estimate of drug-likeness (QED) is 0.631. The fourth-order valence-electron chi connectivity index (χ4n) is 3.37. The highest BCUT2D eigenvalue weighted by Gasteiger charge is 2.22. The van der Waals surface area contributed by atoms with Crippen LogP contribution in [-0.2, 0) is 14.3 Å². The Kier molecular flexibility index (Phi) is 7.35. The zero-order valence-corrected chi connectivity index (χ0v) is 15.6. The van der Waals surface area contributed by atoms with E-state index in [4.69, 9.17) is 4.74 Å². The summed E-state index contributed by atoms with van der Waals surface area (Å²) in [4.78, 5) is 36.7. The molecule has 9 nitrogen and oxygen atoms in total. The van der Waals surface area contributed by atoms with E-state index in [0.717, 1.165) is 64.6 Å². The molecule has 2 amide bonds. The van der Waals surface area contributed by atoms with Gasteiger partial charge in [-0.3, -0.25) is 19.5 Å². The molecular weight excluding hydrogens is 348 g/mol. The van der Waals surface area contributed by atoms with Crippen molar-refractivity contribution in [2.24, 2.45) is 5.92 Å². The number of aromatic nitrogens is 2. The Labute approximate surface area is 159 Å². The lowest BCUT2D eigenvalue weighted by Crippen LogP contribution is -2.46. The van der Waals surface area contributed by atoms with Crippen LogP contribution in [0.15, 0.2) is 18.6 Å². The van der Waals surface area contributed by atoms with Crippen molar-refractivity contribution in [2.75, 3.05) is 63.9 Å². The molecule has 2 fully saturated rings. The standard InChI is InChI=1S/C18H28N6O3/c25-17(21-5-8-23-9-11-27-12-10-23)18(26)22-13-15-1-6-24(7-2-15)16-14-19-3-4-20-16/h3-4,14-15H,1-2,5-13H2,(H,21,25)(H,22,26). The smallest absolute Gasteiger partial charge is 0.309 e. The first-order valence-electron chi connectivity index (χ1n) is 9.59. The third-order valence-electron chi connectivity index (χ3n) is 5.06. The average Bonchev–Trinajstić information content (AvgIpc) is 2.73. The average molecular weight is 376 g/mol. The summed E-state index contributed by atoms with van der Waals surface area (Å²) in [5.41, 5.74) is 0. The third kappa shape index (κ3) is 6.14. The Morgan fingerprint density at radius 2 is 1.81 bits per heavy atom. The Balaban J connectivity index is 1.29. The Morgan fingerprint density at radius 3 is 2.52 bits per heavy atom. The van der Waals surface area contributed by atoms with Crippen molar-refractivity contribution < 1.29 is 14.3 Å². The van der Waals surface area contributed by atoms with E-state index in [-0.39, 0.29) is 0 Å². The first-order chi connectivity index (χ1) is 13.2. The number of anilines is 1. The zero-order chi connectivity index (χ0) is 18.9. The van der Waals surface area contributed by atoms with Crippen molar-refractivity contribution in [3.05, 3.63) is 18.6 Å². The lowest BCUT2D eigenvalue weighted by molar-refractivity contribution is -0.139. The SMILES string of the molecule is O=C(NCCN1CCOCC1)C(=O)NCC1CCN(c2cnccn2)CC1. The van der Waals surface area contributed by atoms with Crippen LogP contribution in [0.2, 0.25) is 0 Å². The normalized spacial score (nSPS) is 18.9. The van der Waals surface area contributed by atoms with Gasteiger partial charge in [-0.15, -0.1) is 0 Å². The molecule has 0 atom stereocenters. The van der Waals surface area contributed by atoms with Gasteiger partial charge >= 0.3 is 11.8 Å². The highest BCUT2D eigenvalue weighted by Crippen LogP contribution is 2.20. The molecule has 2 N–H and O–H groups in total. The van der Waals surface area contributed by atoms with E-state index >= 15 is 0 Å². The topological polar surface area (TPSA) is 99.7 Å². The van der Waals surface area contributed by atoms with Crippen molar-refractivity contribution in [1.82, 2.24) is 25.5 Å². The maximum atomic E-state index is 12.0. The van der Waals surface area contributed by atoms with Gasteiger partial charge in [0.2, 0.25) is 0 Å². The summed E-state index contributed by atoms with van der Waals surface area (Å²) in [5, 5.41) is 5.45. The highest BCUT2D eigenvalue weighted by atomic mass is 16.5. The summed E-state index contributed by atoms with van der Waals surface area (Å²) >= 11 is 0. The molecule has 2 aliphatic rings. The molecule has 9 heteroatoms. The molecule has 0 aliphatic carbocycles. The summed E-state index contributed by atoms with van der Waals surface area (Å²) in [6.07, 6.45) is 7.03. The molecule has 0 bridgehead atoms. The number of ether oxygens (including phenoxy) is 1. The minimum atomic E-state index is -0.555. The molecule has 2 aliphatic heterocycles. The van der Waals surface area contributed by atoms with Gasteiger partial charge in [-0.2, -0.15) is 0 Å². The van der Waals surface area contributed by atoms with E-state index in [1.165, 1.54) is 0 Å². The van der Waals surface area contributed by atoms with Crippen LogP contribution in [-0.4, -0.2) is 85.7 Å². The summed E-state index contributed by atoms with van der Waals surface area (Å²) in [6, 6.07) is 0. The van der Waals surface area contributed by atoms with Crippen LogP contribution in [0.4, 0.5) is 5.82 Å². The van der Waals surface area contributed by atoms with Gasteiger partial charge in [-0.1, -0.05) is 0 Å². The van der Waals surface area contributed by atoms with Crippen LogP contribution in [0.25, 0.3) is 0 Å². The Morgan fingerprint density at radius 1 is 1.07 bits per heavy atom. The van der Waals surface area contributed by atoms with Gasteiger partial charge in [0.15, 0.2) is 0 Å². The molecular formula is C18H28N6O3. The predicted octanol–water partition coefficient (Wildman–Crippen LogP) is -0.742. The monoisotopic (exact) mass is 376 g/mol. The first-order valence-corrected chi connectivity index (χ1v) is 9.59. The molecule has 27 heavy (non-hydrogen) atoms. The molecule has 3 heterocycles. The van der Waals surface area contributed by atoms with Crippen LogP contribution in [0.5, 0.6) is 0 Å². The van der Waals surface area contributed by atoms with Crippen LogP contribution in [0.3, 0.4) is 0 Å². The molecule has 0 spiro atoms. The van der Waals surface area contributed by atoms with E-state index in [1.54, 1.807) is 18.6 Å². The molecule has 148 valence electrons. The molecule has 3 rings (SSSR count). The highest BCUT2D eigenvalue weighted by molar-refractivity contribution is 6.35. The first kappa shape index (κ1) is 19.5. The summed E-state index contributed by atoms with van der Waals surface area (Å²) in [5.74, 6) is 0.163. The fraction of sp³-hybridized carbons (Fsp3) is 0.667. The number of carbonyl (C=O) groups is 2. The second-order valence-electron chi connectivity index (χ2n) is 6.91. The van der Waals surface area contributed by atoms with Crippen LogP contribution in [0.1, 0.15) is 12.8 Å². The number of hydrogen-bond donors (Lipinski definition) is 2. The van der Waals surface area contributed by atoms with Crippen LogP contribution >= 0.6 is 0 Å². The van der Waals surface area contributed by atoms with Gasteiger partial charge in [0, 0.05) is 58.2 Å². The number of piperidine rings is 1. The summed E-state index contributed by atoms with van der Waals surface area (Å²) in [7, 11) is 0. The van der Waals surface area contributed by atoms with Crippen molar-refractivity contribution in [3.63, 3.8) is 0 Å². The molecule has 2 saturated heterocycles. The second-order valence-corrected chi connectivity index (χ2v) is 6.91. The number of nitrogens with zero attached hydrogens (tertiary/aromatic N) is 4. The lowest BCUT2D eigenvalue weighted by atomic mass is 9.97. The summed E-state index contributed by atoms with van der Waals surface area (Å²) in [6.45, 7) is 6.70. The molecule has 0 radical (unpaired) electrons. The minimum absolute atomic E-state index is 0.378. The van der Waals surface area contributed by atoms with Gasteiger partial charge in [-0.25, -0.2) is 4.98 Å². The van der Waals surface area contributed by atoms with Gasteiger partial charge in [0.05, 0.1) is 19.4 Å². The fourth-order valence-corrected chi connectivity index (χ4v) is 3.37. The molecule has 0 unspecified atom stereocenters. The molecule has 1 aromatic heterocycles. The number of carbonyl (C=O) groups excluding carboxylic acids is 2. The Bertz CT molecular complexity index is 600. The third-order valence-corrected chi connectivity index (χ3v) is 5.06. The van der Waals surface area contributed by atoms with E-state index in [9.17, 15) is 9.59 Å². The second kappa shape index (κ2) is 10.2. The summed E-state index contributed by atoms with van der Waals surface area (Å²) < 4.78 is 5.28. The van der Waals surface area contributed by atoms with Crippen molar-refractivity contribution >= 4 is 17.6 Å². The molecule has 0 aromatic carbocycles. The van der Waals surface area contributed by atoms with Gasteiger partial charge in [0.1, 0.15) is 5.82 Å². The van der Waals surface area contributed by atoms with E-state index in [0.29, 0.717) is 19.0 Å². The number of rotatable bonds is 6. The number of amides is 2. The van der Waals surface area contributed by atoms with Crippen molar-refractivity contribution in [1.29, 1.82) is 0 Å². The largest absolute Gasteiger partial charge is 0.379 e. The van der Waals surface area contributed by atoms with E-state index in [1.807, 2.05) is 0 Å². The van der Waals surface area contributed by atoms with E-state index < -0.39 is 11.8 Å². The van der Waals surface area contributed by atoms with Crippen LogP contribution < -0.4 is 15.5 Å². The maximum Gasteiger partial charge on any atom is 0.309 e. The maximum absolute atomic E-state index is 12.0. The van der Waals surface area contributed by atoms with E-state index in [2.05, 4.69) is 30.4 Å². The van der Waals surface area contributed by atoms with Gasteiger partial charge in [-0.05, 0) is 18.8 Å². The van der Waals surface area contributed by atoms with Crippen molar-refractivity contribution in [3.8, 4) is 0 Å². The number of hydrogen-bond acceptors (Lipinski definition) is 7. The zero-order valence-electron chi connectivity index (χ0n) is 15.6. The lowest BCUT2D eigenvalue weighted by Gasteiger charge is -2.32. The Hall–Kier alpha value is -2.26. The number of nitrogens with one attached hydrogen (secondary N) is 2. The van der Waals surface area contributed by atoms with Crippen LogP contribution in [0, 0.1) is 5.92 Å². The van der Waals surface area contributed by atoms with Gasteiger partial charge < -0.3 is 20.3 Å².